The van der Waals surface area contributed by atoms with Gasteiger partial charge in [-0.1, -0.05) is 28.7 Å². The Balaban J connectivity index is 0.00000139. The summed E-state index contributed by atoms with van der Waals surface area (Å²) in [6.45, 7) is 17.1. The summed E-state index contributed by atoms with van der Waals surface area (Å²) in [5.74, 6) is 1.11. The number of anilines is 1. The van der Waals surface area contributed by atoms with E-state index in [1.807, 2.05) is 17.2 Å². The Bertz CT molecular complexity index is 422. The summed E-state index contributed by atoms with van der Waals surface area (Å²) < 4.78 is 0. The number of hydrogen-bond acceptors (Lipinski definition) is 4. The van der Waals surface area contributed by atoms with E-state index in [1.54, 1.807) is 0 Å². The maximum atomic E-state index is 4.47. The van der Waals surface area contributed by atoms with Crippen LogP contribution in [-0.2, 0) is 0 Å². The van der Waals surface area contributed by atoms with E-state index in [4.69, 9.17) is 0 Å². The van der Waals surface area contributed by atoms with Gasteiger partial charge in [-0.3, -0.25) is 9.80 Å². The van der Waals surface area contributed by atoms with Gasteiger partial charge in [0.05, 0.1) is 0 Å². The van der Waals surface area contributed by atoms with Gasteiger partial charge in [0.2, 0.25) is 0 Å². The molecule has 0 amide bonds. The number of pyridine rings is 1. The van der Waals surface area contributed by atoms with Crippen LogP contribution in [-0.4, -0.2) is 70.6 Å². The van der Waals surface area contributed by atoms with Gasteiger partial charge in [-0.05, 0) is 51.7 Å². The lowest BCUT2D eigenvalue weighted by Crippen LogP contribution is -2.54. The molecule has 1 unspecified atom stereocenters. The summed E-state index contributed by atoms with van der Waals surface area (Å²) in [4.78, 5) is 14.0. The van der Waals surface area contributed by atoms with Gasteiger partial charge in [0.1, 0.15) is 5.82 Å². The molecule has 1 aliphatic heterocycles. The second-order valence-corrected chi connectivity index (χ2v) is 6.94. The van der Waals surface area contributed by atoms with E-state index in [9.17, 15) is 0 Å². The van der Waals surface area contributed by atoms with Crippen LogP contribution in [0.3, 0.4) is 0 Å². The van der Waals surface area contributed by atoms with E-state index in [0.717, 1.165) is 38.5 Å². The molecule has 0 N–H and O–H groups in total. The molecule has 1 atom stereocenters. The standard InChI is InChI=1S/C18H32N4.CH3I/c1-15(2)22(16(3)4)14-17(5)20-10-12-21(13-11-20)18-8-6-7-9-19-18;1-2/h6-9,15-17H,10-14H2,1-5H3;1H3. The summed E-state index contributed by atoms with van der Waals surface area (Å²) in [6, 6.07) is 7.98. The molecule has 138 valence electrons. The summed E-state index contributed by atoms with van der Waals surface area (Å²) in [6.07, 6.45) is 1.88. The smallest absolute Gasteiger partial charge is 0.128 e. The van der Waals surface area contributed by atoms with Gasteiger partial charge in [0.25, 0.3) is 0 Å². The minimum absolute atomic E-state index is 0.607. The average Bonchev–Trinajstić information content (AvgIpc) is 2.61. The number of nitrogens with zero attached hydrogens (tertiary/aromatic N) is 4. The van der Waals surface area contributed by atoms with E-state index >= 15 is 0 Å². The van der Waals surface area contributed by atoms with Crippen molar-refractivity contribution in [1.82, 2.24) is 14.8 Å². The van der Waals surface area contributed by atoms with Crippen LogP contribution in [0.2, 0.25) is 0 Å². The van der Waals surface area contributed by atoms with Crippen molar-refractivity contribution in [3.8, 4) is 0 Å². The third-order valence-corrected chi connectivity index (χ3v) is 4.71. The van der Waals surface area contributed by atoms with Crippen molar-refractivity contribution < 1.29 is 0 Å². The normalized spacial score (nSPS) is 17.2. The maximum absolute atomic E-state index is 4.47. The monoisotopic (exact) mass is 446 g/mol. The summed E-state index contributed by atoms with van der Waals surface area (Å²) in [5.41, 5.74) is 0. The molecule has 1 saturated heterocycles. The van der Waals surface area contributed by atoms with E-state index < -0.39 is 0 Å². The minimum Gasteiger partial charge on any atom is -0.354 e. The number of alkyl halides is 1. The molecule has 0 aliphatic carbocycles. The number of hydrogen-bond donors (Lipinski definition) is 0. The first-order valence-electron chi connectivity index (χ1n) is 9.02. The molecule has 4 nitrogen and oxygen atoms in total. The molecule has 2 heterocycles. The Hall–Kier alpha value is -0.400. The topological polar surface area (TPSA) is 22.6 Å². The van der Waals surface area contributed by atoms with Gasteiger partial charge in [0.15, 0.2) is 0 Å². The Kier molecular flexibility index (Phi) is 10.2. The Morgan fingerprint density at radius 1 is 1.00 bits per heavy atom. The van der Waals surface area contributed by atoms with Gasteiger partial charge < -0.3 is 4.90 Å². The molecule has 0 saturated carbocycles. The van der Waals surface area contributed by atoms with Crippen molar-refractivity contribution in [2.24, 2.45) is 0 Å². The zero-order valence-electron chi connectivity index (χ0n) is 16.2. The Morgan fingerprint density at radius 2 is 1.58 bits per heavy atom. The number of halogens is 1. The number of rotatable bonds is 6. The first-order valence-corrected chi connectivity index (χ1v) is 11.2. The quantitative estimate of drug-likeness (QED) is 0.490. The first kappa shape index (κ1) is 21.6. The van der Waals surface area contributed by atoms with Gasteiger partial charge in [-0.2, -0.15) is 0 Å². The van der Waals surface area contributed by atoms with Crippen molar-refractivity contribution >= 4 is 28.4 Å². The fourth-order valence-corrected chi connectivity index (χ4v) is 3.37. The largest absolute Gasteiger partial charge is 0.354 e. The van der Waals surface area contributed by atoms with Crippen LogP contribution in [0.25, 0.3) is 0 Å². The first-order chi connectivity index (χ1) is 11.5. The molecule has 0 radical (unpaired) electrons. The summed E-state index contributed by atoms with van der Waals surface area (Å²) >= 11 is 2.15. The highest BCUT2D eigenvalue weighted by Crippen LogP contribution is 2.15. The fraction of sp³-hybridized carbons (Fsp3) is 0.737. The zero-order chi connectivity index (χ0) is 18.1. The Labute approximate surface area is 162 Å². The van der Waals surface area contributed by atoms with Crippen molar-refractivity contribution in [3.05, 3.63) is 24.4 Å². The van der Waals surface area contributed by atoms with Crippen LogP contribution in [0.5, 0.6) is 0 Å². The summed E-state index contributed by atoms with van der Waals surface area (Å²) in [5, 5.41) is 0. The van der Waals surface area contributed by atoms with Gasteiger partial charge in [-0.15, -0.1) is 0 Å². The molecule has 5 heteroatoms. The molecule has 1 aromatic rings. The van der Waals surface area contributed by atoms with Crippen LogP contribution in [0, 0.1) is 0 Å². The average molecular weight is 446 g/mol. The predicted octanol–water partition coefficient (Wildman–Crippen LogP) is 3.76. The lowest BCUT2D eigenvalue weighted by Gasteiger charge is -2.41. The van der Waals surface area contributed by atoms with Crippen molar-refractivity contribution in [2.75, 3.05) is 42.6 Å². The number of piperazine rings is 1. The molecular weight excluding hydrogens is 411 g/mol. The minimum atomic E-state index is 0.607. The summed E-state index contributed by atoms with van der Waals surface area (Å²) in [7, 11) is 0. The van der Waals surface area contributed by atoms with Crippen LogP contribution < -0.4 is 4.90 Å². The third kappa shape index (κ3) is 6.48. The third-order valence-electron chi connectivity index (χ3n) is 4.71. The predicted molar refractivity (Wildman–Crippen MR) is 114 cm³/mol. The molecule has 24 heavy (non-hydrogen) atoms. The highest BCUT2D eigenvalue weighted by Gasteiger charge is 2.24. The molecule has 1 aliphatic rings. The van der Waals surface area contributed by atoms with E-state index in [1.165, 1.54) is 0 Å². The van der Waals surface area contributed by atoms with Crippen molar-refractivity contribution in [1.29, 1.82) is 0 Å². The van der Waals surface area contributed by atoms with Crippen LogP contribution >= 0.6 is 22.6 Å². The molecule has 0 bridgehead atoms. The highest BCUT2D eigenvalue weighted by atomic mass is 127. The molecule has 1 fully saturated rings. The van der Waals surface area contributed by atoms with E-state index in [-0.39, 0.29) is 0 Å². The lowest BCUT2D eigenvalue weighted by atomic mass is 10.1. The fourth-order valence-electron chi connectivity index (χ4n) is 3.37. The Morgan fingerprint density at radius 3 is 2.04 bits per heavy atom. The number of aromatic nitrogens is 1. The molecule has 0 spiro atoms. The molecule has 0 aromatic carbocycles. The van der Waals surface area contributed by atoms with E-state index in [2.05, 4.69) is 89.0 Å². The van der Waals surface area contributed by atoms with E-state index in [0.29, 0.717) is 18.1 Å². The van der Waals surface area contributed by atoms with Crippen LogP contribution in [0.4, 0.5) is 5.82 Å². The van der Waals surface area contributed by atoms with Crippen LogP contribution in [0.15, 0.2) is 24.4 Å². The lowest BCUT2D eigenvalue weighted by molar-refractivity contribution is 0.102. The highest BCUT2D eigenvalue weighted by molar-refractivity contribution is 14.1. The maximum Gasteiger partial charge on any atom is 0.128 e. The molecular formula is C19H35IN4. The van der Waals surface area contributed by atoms with Gasteiger partial charge in [0, 0.05) is 57.0 Å². The second kappa shape index (κ2) is 11.3. The van der Waals surface area contributed by atoms with Crippen LogP contribution in [0.1, 0.15) is 34.6 Å². The van der Waals surface area contributed by atoms with Gasteiger partial charge >= 0.3 is 0 Å². The second-order valence-electron chi connectivity index (χ2n) is 6.94. The SMILES string of the molecule is CC(CN(C(C)C)C(C)C)N1CCN(c2ccccn2)CC1.CI. The van der Waals surface area contributed by atoms with Crippen molar-refractivity contribution in [2.45, 2.75) is 52.7 Å². The van der Waals surface area contributed by atoms with Crippen molar-refractivity contribution in [3.63, 3.8) is 0 Å². The molecule has 1 aromatic heterocycles. The van der Waals surface area contributed by atoms with Gasteiger partial charge in [-0.25, -0.2) is 4.98 Å². The zero-order valence-corrected chi connectivity index (χ0v) is 18.4. The molecule has 2 rings (SSSR count).